The largest absolute Gasteiger partial charge is 0.472 e. The van der Waals surface area contributed by atoms with Gasteiger partial charge < -0.3 is 18.9 Å². The molecule has 4 aliphatic carbocycles. The van der Waals surface area contributed by atoms with E-state index in [1.54, 1.807) is 5.57 Å². The number of esters is 1. The number of unbranched alkanes of at least 4 members (excludes halogenated alkanes) is 11. The number of phosphoric acid groups is 1. The Hall–Kier alpha value is -1.02. The van der Waals surface area contributed by atoms with Crippen molar-refractivity contribution in [1.82, 2.24) is 0 Å². The topological polar surface area (TPSA) is 91.3 Å². The highest BCUT2D eigenvalue weighted by molar-refractivity contribution is 7.47. The molecule has 0 bridgehead atoms. The van der Waals surface area contributed by atoms with Crippen LogP contribution in [0, 0.1) is 46.3 Å². The van der Waals surface area contributed by atoms with Crippen molar-refractivity contribution < 1.29 is 37.3 Å². The number of carbonyl (C=O) groups excluding carboxylic acids is 1. The second-order valence-electron chi connectivity index (χ2n) is 22.5. The number of phosphoric ester groups is 1. The number of allylic oxidation sites excluding steroid dienone is 3. The van der Waals surface area contributed by atoms with Gasteiger partial charge in [0.15, 0.2) is 0 Å². The Morgan fingerprint density at radius 2 is 1.52 bits per heavy atom. The minimum Gasteiger partial charge on any atom is -0.457 e. The molecule has 10 atom stereocenters. The Morgan fingerprint density at radius 3 is 2.19 bits per heavy atom. The Bertz CT molecular complexity index is 1410. The summed E-state index contributed by atoms with van der Waals surface area (Å²) in [6.45, 7) is 15.3. The molecule has 0 radical (unpaired) electrons. The second kappa shape index (κ2) is 26.4. The molecular weight excluding hydrogens is 794 g/mol. The van der Waals surface area contributed by atoms with Crippen LogP contribution in [0.4, 0.5) is 0 Å². The lowest BCUT2D eigenvalue weighted by atomic mass is 9.47. The normalized spacial score (nSPS) is 29.5. The predicted octanol–water partition coefficient (Wildman–Crippen LogP) is 14.2. The van der Waals surface area contributed by atoms with E-state index in [2.05, 4.69) is 59.8 Å². The molecule has 360 valence electrons. The van der Waals surface area contributed by atoms with E-state index in [1.165, 1.54) is 103 Å². The quantitative estimate of drug-likeness (QED) is 0.0244. The number of hydrogen-bond donors (Lipinski definition) is 1. The van der Waals surface area contributed by atoms with Gasteiger partial charge in [0.05, 0.1) is 40.5 Å². The molecule has 1 N–H and O–H groups in total. The molecule has 0 amide bonds. The summed E-state index contributed by atoms with van der Waals surface area (Å²) in [5.74, 6) is 4.55. The molecule has 8 nitrogen and oxygen atoms in total. The Balaban J connectivity index is 1.24. The summed E-state index contributed by atoms with van der Waals surface area (Å²) in [7, 11) is 1.66. The maximum atomic E-state index is 13.1. The lowest BCUT2D eigenvalue weighted by molar-refractivity contribution is -0.870. The number of nitrogens with zero attached hydrogens (tertiary/aromatic N) is 1. The van der Waals surface area contributed by atoms with Gasteiger partial charge in [-0.05, 0) is 130 Å². The standard InChI is InChI=1S/C53H96NO7P/c1-10-11-12-13-14-15-16-17-18-19-20-21-22-23-24-28-51(55)61-46(41-60-62(56,57)59-38-37-54(7,8)9)40-58-45-33-35-52(5)44(39-45)29-30-47-49-32-31-48(43(4)27-25-26-42(2)3)53(49,6)36-34-50(47)52/h17-18,29,42-43,45-50H,10-16,19-28,30-41H2,1-9H3/p+1/b18-17-/t43-,45?,46?,47?,48-,49?,50?,52+,53-/m1/s1. The van der Waals surface area contributed by atoms with Crippen LogP contribution in [0.15, 0.2) is 23.8 Å². The third-order valence-corrected chi connectivity index (χ3v) is 17.1. The van der Waals surface area contributed by atoms with Crippen LogP contribution in [0.3, 0.4) is 0 Å². The van der Waals surface area contributed by atoms with E-state index in [4.69, 9.17) is 18.5 Å². The maximum Gasteiger partial charge on any atom is 0.472 e. The van der Waals surface area contributed by atoms with Gasteiger partial charge in [-0.2, -0.15) is 0 Å². The zero-order chi connectivity index (χ0) is 45.2. The fourth-order valence-corrected chi connectivity index (χ4v) is 13.1. The van der Waals surface area contributed by atoms with E-state index >= 15 is 0 Å². The van der Waals surface area contributed by atoms with Crippen molar-refractivity contribution in [3.8, 4) is 0 Å². The van der Waals surface area contributed by atoms with E-state index in [0.717, 1.165) is 86.9 Å². The first kappa shape index (κ1) is 53.6. The van der Waals surface area contributed by atoms with Gasteiger partial charge >= 0.3 is 13.8 Å². The van der Waals surface area contributed by atoms with Crippen molar-refractivity contribution in [1.29, 1.82) is 0 Å². The first-order valence-electron chi connectivity index (χ1n) is 26.0. The molecule has 6 unspecified atom stereocenters. The van der Waals surface area contributed by atoms with Gasteiger partial charge in [-0.3, -0.25) is 13.8 Å². The van der Waals surface area contributed by atoms with E-state index in [9.17, 15) is 14.3 Å². The molecule has 62 heavy (non-hydrogen) atoms. The summed E-state index contributed by atoms with van der Waals surface area (Å²) in [6, 6.07) is 0. The molecule has 0 heterocycles. The molecule has 0 aromatic heterocycles. The summed E-state index contributed by atoms with van der Waals surface area (Å²) < 4.78 is 36.6. The summed E-state index contributed by atoms with van der Waals surface area (Å²) in [6.07, 6.45) is 36.3. The van der Waals surface area contributed by atoms with E-state index in [1.807, 2.05) is 21.1 Å². The average Bonchev–Trinajstić information content (AvgIpc) is 3.57. The minimum atomic E-state index is -4.33. The molecular formula is C53H97NO7P+. The Labute approximate surface area is 381 Å². The molecule has 3 saturated carbocycles. The van der Waals surface area contributed by atoms with Crippen LogP contribution in [-0.4, -0.2) is 75.1 Å². The number of carbonyl (C=O) groups is 1. The first-order chi connectivity index (χ1) is 29.5. The van der Waals surface area contributed by atoms with Gasteiger partial charge in [-0.15, -0.1) is 0 Å². The van der Waals surface area contributed by atoms with Crippen molar-refractivity contribution >= 4 is 13.8 Å². The highest BCUT2D eigenvalue weighted by Gasteiger charge is 2.59. The number of ether oxygens (including phenoxy) is 2. The van der Waals surface area contributed by atoms with Gasteiger partial charge in [0, 0.05) is 6.42 Å². The van der Waals surface area contributed by atoms with Gasteiger partial charge in [-0.1, -0.05) is 136 Å². The zero-order valence-electron chi connectivity index (χ0n) is 41.6. The molecule has 0 aliphatic heterocycles. The van der Waals surface area contributed by atoms with Crippen molar-refractivity contribution in [2.24, 2.45) is 46.3 Å². The highest BCUT2D eigenvalue weighted by atomic mass is 31.2. The predicted molar refractivity (Wildman–Crippen MR) is 257 cm³/mol. The number of hydrogen-bond acceptors (Lipinski definition) is 6. The van der Waals surface area contributed by atoms with Gasteiger partial charge in [0.2, 0.25) is 0 Å². The second-order valence-corrected chi connectivity index (χ2v) is 24.0. The molecule has 0 aromatic rings. The zero-order valence-corrected chi connectivity index (χ0v) is 42.5. The van der Waals surface area contributed by atoms with Crippen LogP contribution in [0.1, 0.15) is 202 Å². The SMILES string of the molecule is CCCCCCCC/C=C\CCCCCCCC(=O)OC(COC1CC[C@@]2(C)C(=CCC3C2CC[C@@]2(C)C3CC[C@@H]2[C@H](C)CCCC(C)C)C1)COP(=O)(O)OCC[N+](C)(C)C. The summed E-state index contributed by atoms with van der Waals surface area (Å²) >= 11 is 0. The van der Waals surface area contributed by atoms with Gasteiger partial charge in [0.1, 0.15) is 19.3 Å². The monoisotopic (exact) mass is 891 g/mol. The fourth-order valence-electron chi connectivity index (χ4n) is 12.4. The van der Waals surface area contributed by atoms with Crippen molar-refractivity contribution in [2.45, 2.75) is 214 Å². The smallest absolute Gasteiger partial charge is 0.457 e. The van der Waals surface area contributed by atoms with Crippen LogP contribution in [0.5, 0.6) is 0 Å². The average molecular weight is 891 g/mol. The highest BCUT2D eigenvalue weighted by Crippen LogP contribution is 2.67. The summed E-state index contributed by atoms with van der Waals surface area (Å²) in [4.78, 5) is 23.6. The van der Waals surface area contributed by atoms with Crippen molar-refractivity contribution in [3.05, 3.63) is 23.8 Å². The Kier molecular flexibility index (Phi) is 22.8. The van der Waals surface area contributed by atoms with Crippen LogP contribution >= 0.6 is 7.82 Å². The van der Waals surface area contributed by atoms with Crippen LogP contribution in [0.25, 0.3) is 0 Å². The minimum absolute atomic E-state index is 0.0237. The Morgan fingerprint density at radius 1 is 0.839 bits per heavy atom. The third kappa shape index (κ3) is 17.3. The van der Waals surface area contributed by atoms with Crippen LogP contribution in [0.2, 0.25) is 0 Å². The lowest BCUT2D eigenvalue weighted by Crippen LogP contribution is -2.51. The van der Waals surface area contributed by atoms with Crippen molar-refractivity contribution in [3.63, 3.8) is 0 Å². The van der Waals surface area contributed by atoms with Gasteiger partial charge in [0.25, 0.3) is 0 Å². The molecule has 0 spiro atoms. The molecule has 0 aromatic carbocycles. The van der Waals surface area contributed by atoms with Crippen molar-refractivity contribution in [2.75, 3.05) is 47.5 Å². The lowest BCUT2D eigenvalue weighted by Gasteiger charge is -2.58. The molecule has 9 heteroatoms. The number of fused-ring (bicyclic) bond motifs is 5. The van der Waals surface area contributed by atoms with Gasteiger partial charge in [-0.25, -0.2) is 4.57 Å². The molecule has 0 saturated heterocycles. The fraction of sp³-hybridized carbons (Fsp3) is 0.906. The molecule has 4 aliphatic rings. The van der Waals surface area contributed by atoms with Crippen LogP contribution in [-0.2, 0) is 27.9 Å². The number of rotatable bonds is 31. The maximum absolute atomic E-state index is 13.1. The number of likely N-dealkylation sites (N-methyl/N-ethyl adjacent to an activating group) is 1. The molecule has 4 rings (SSSR count). The summed E-state index contributed by atoms with van der Waals surface area (Å²) in [5, 5.41) is 0. The van der Waals surface area contributed by atoms with E-state index in [-0.39, 0.29) is 37.3 Å². The van der Waals surface area contributed by atoms with E-state index in [0.29, 0.717) is 22.9 Å². The number of quaternary nitrogens is 1. The molecule has 3 fully saturated rings. The summed E-state index contributed by atoms with van der Waals surface area (Å²) in [5.41, 5.74) is 2.26. The first-order valence-corrected chi connectivity index (χ1v) is 27.5. The van der Waals surface area contributed by atoms with E-state index < -0.39 is 13.9 Å². The van der Waals surface area contributed by atoms with Crippen LogP contribution < -0.4 is 0 Å². The third-order valence-electron chi connectivity index (χ3n) is 16.2.